The largest absolute Gasteiger partial charge is 0.346 e. The van der Waals surface area contributed by atoms with E-state index in [1.807, 2.05) is 36.1 Å². The van der Waals surface area contributed by atoms with E-state index in [0.717, 1.165) is 48.0 Å². The van der Waals surface area contributed by atoms with Crippen LogP contribution in [0.1, 0.15) is 57.0 Å². The minimum Gasteiger partial charge on any atom is -0.334 e. The molecule has 146 valence electrons. The van der Waals surface area contributed by atoms with Crippen LogP contribution >= 0.6 is 15.9 Å². The Bertz CT molecular complexity index is 858. The highest BCUT2D eigenvalue weighted by molar-refractivity contribution is 9.10. The summed E-state index contributed by atoms with van der Waals surface area (Å²) in [5, 5.41) is 4.45. The maximum Gasteiger partial charge on any atom is 0.346 e. The lowest BCUT2D eigenvalue weighted by atomic mass is 10.1. The van der Waals surface area contributed by atoms with Crippen molar-refractivity contribution in [3.63, 3.8) is 0 Å². The summed E-state index contributed by atoms with van der Waals surface area (Å²) in [5.41, 5.74) is 0.900. The van der Waals surface area contributed by atoms with Crippen LogP contribution in [-0.2, 0) is 24.3 Å². The third-order valence-electron chi connectivity index (χ3n) is 5.17. The number of hydrogen-bond acceptors (Lipinski definition) is 3. The van der Waals surface area contributed by atoms with Gasteiger partial charge in [-0.15, -0.1) is 0 Å². The summed E-state index contributed by atoms with van der Waals surface area (Å²) < 4.78 is 4.07. The quantitative estimate of drug-likeness (QED) is 0.698. The number of carbonyl (C=O) groups excluding carboxylic acids is 1. The van der Waals surface area contributed by atoms with Gasteiger partial charge in [0.05, 0.1) is 6.04 Å². The number of rotatable bonds is 6. The van der Waals surface area contributed by atoms with E-state index in [0.29, 0.717) is 13.1 Å². The number of halogens is 1. The second-order valence-corrected chi connectivity index (χ2v) is 7.96. The monoisotopic (exact) mass is 434 g/mol. The van der Waals surface area contributed by atoms with Crippen LogP contribution in [-0.4, -0.2) is 31.7 Å². The van der Waals surface area contributed by atoms with E-state index in [1.54, 1.807) is 4.57 Å². The summed E-state index contributed by atoms with van der Waals surface area (Å²) in [6, 6.07) is 7.86. The number of nitrogens with zero attached hydrogens (tertiary/aromatic N) is 4. The third-order valence-corrected chi connectivity index (χ3v) is 5.90. The number of fused-ring (bicyclic) bond motifs is 1. The number of amides is 1. The normalized spacial score (nSPS) is 15.1. The molecular formula is C20H27BrN4O2. The maximum atomic E-state index is 13.1. The molecule has 0 N–H and O–H groups in total. The second-order valence-electron chi connectivity index (χ2n) is 7.10. The Kier molecular flexibility index (Phi) is 6.52. The molecule has 1 aromatic carbocycles. The average Bonchev–Trinajstić information content (AvgIpc) is 2.83. The van der Waals surface area contributed by atoms with Crippen LogP contribution in [0.2, 0.25) is 0 Å². The zero-order chi connectivity index (χ0) is 19.4. The molecule has 6 nitrogen and oxygen atoms in total. The highest BCUT2D eigenvalue weighted by Gasteiger charge is 2.24. The number of aryl methyl sites for hydroxylation is 1. The predicted molar refractivity (Wildman–Crippen MR) is 109 cm³/mol. The van der Waals surface area contributed by atoms with Crippen LogP contribution in [0, 0.1) is 0 Å². The maximum absolute atomic E-state index is 13.1. The van der Waals surface area contributed by atoms with Crippen LogP contribution in [0.4, 0.5) is 0 Å². The zero-order valence-corrected chi connectivity index (χ0v) is 17.6. The van der Waals surface area contributed by atoms with Gasteiger partial charge >= 0.3 is 5.69 Å². The van der Waals surface area contributed by atoms with Gasteiger partial charge < -0.3 is 4.90 Å². The van der Waals surface area contributed by atoms with Crippen molar-refractivity contribution in [3.8, 4) is 0 Å². The topological polar surface area (TPSA) is 60.1 Å². The number of hydrogen-bond donors (Lipinski definition) is 0. The van der Waals surface area contributed by atoms with Crippen molar-refractivity contribution in [2.24, 2.45) is 0 Å². The molecule has 0 saturated heterocycles. The first kappa shape index (κ1) is 19.9. The SMILES string of the molecule is CCCN(C(=O)Cn1nc2n(c1=O)CCCCC2)C(C)c1ccccc1Br. The molecule has 0 radical (unpaired) electrons. The Labute approximate surface area is 168 Å². The number of aromatic nitrogens is 3. The van der Waals surface area contributed by atoms with E-state index >= 15 is 0 Å². The molecule has 27 heavy (non-hydrogen) atoms. The van der Waals surface area contributed by atoms with Gasteiger partial charge in [-0.2, -0.15) is 5.10 Å². The minimum atomic E-state index is -0.162. The molecule has 0 saturated carbocycles. The van der Waals surface area contributed by atoms with Gasteiger partial charge in [-0.3, -0.25) is 9.36 Å². The summed E-state index contributed by atoms with van der Waals surface area (Å²) in [4.78, 5) is 27.6. The minimum absolute atomic E-state index is 0.00632. The highest BCUT2D eigenvalue weighted by atomic mass is 79.9. The van der Waals surface area contributed by atoms with Crippen LogP contribution in [0.15, 0.2) is 33.5 Å². The third kappa shape index (κ3) is 4.34. The van der Waals surface area contributed by atoms with Gasteiger partial charge in [0.2, 0.25) is 5.91 Å². The Hall–Kier alpha value is -1.89. The van der Waals surface area contributed by atoms with E-state index < -0.39 is 0 Å². The molecule has 7 heteroatoms. The second kappa shape index (κ2) is 8.87. The Morgan fingerprint density at radius 3 is 2.81 bits per heavy atom. The molecule has 1 aromatic heterocycles. The molecule has 3 rings (SSSR count). The molecule has 0 aliphatic carbocycles. The summed E-state index contributed by atoms with van der Waals surface area (Å²) in [6.45, 7) is 5.42. The summed E-state index contributed by atoms with van der Waals surface area (Å²) >= 11 is 3.58. The predicted octanol–water partition coefficient (Wildman–Crippen LogP) is 3.53. The molecule has 1 aliphatic heterocycles. The van der Waals surface area contributed by atoms with Crippen LogP contribution in [0.5, 0.6) is 0 Å². The van der Waals surface area contributed by atoms with Gasteiger partial charge in [-0.05, 0) is 37.8 Å². The van der Waals surface area contributed by atoms with E-state index in [2.05, 4.69) is 28.0 Å². The molecule has 1 amide bonds. The van der Waals surface area contributed by atoms with Crippen LogP contribution in [0.25, 0.3) is 0 Å². The lowest BCUT2D eigenvalue weighted by Gasteiger charge is -2.30. The molecule has 2 heterocycles. The van der Waals surface area contributed by atoms with Crippen molar-refractivity contribution in [2.45, 2.75) is 65.1 Å². The summed E-state index contributed by atoms with van der Waals surface area (Å²) in [7, 11) is 0. The Balaban J connectivity index is 1.82. The zero-order valence-electron chi connectivity index (χ0n) is 16.0. The van der Waals surface area contributed by atoms with Gasteiger partial charge in [0.1, 0.15) is 12.4 Å². The standard InChI is InChI=1S/C20H27BrN4O2/c1-3-12-23(15(2)16-9-6-7-10-17(16)21)19(26)14-25-20(27)24-13-8-4-5-11-18(24)22-25/h6-7,9-10,15H,3-5,8,11-14H2,1-2H3. The highest BCUT2D eigenvalue weighted by Crippen LogP contribution is 2.27. The van der Waals surface area contributed by atoms with Gasteiger partial charge in [-0.1, -0.05) is 47.5 Å². The fourth-order valence-corrected chi connectivity index (χ4v) is 4.32. The lowest BCUT2D eigenvalue weighted by Crippen LogP contribution is -2.39. The molecule has 1 aliphatic rings. The number of carbonyl (C=O) groups is 1. The molecule has 1 atom stereocenters. The van der Waals surface area contributed by atoms with E-state index in [4.69, 9.17) is 0 Å². The fraction of sp³-hybridized carbons (Fsp3) is 0.550. The summed E-state index contributed by atoms with van der Waals surface area (Å²) in [5.74, 6) is 0.738. The first-order valence-corrected chi connectivity index (χ1v) is 10.5. The molecule has 0 spiro atoms. The molecule has 2 aromatic rings. The molecular weight excluding hydrogens is 408 g/mol. The fourth-order valence-electron chi connectivity index (χ4n) is 3.70. The van der Waals surface area contributed by atoms with Crippen molar-refractivity contribution in [3.05, 3.63) is 50.6 Å². The molecule has 1 unspecified atom stereocenters. The lowest BCUT2D eigenvalue weighted by molar-refractivity contribution is -0.134. The van der Waals surface area contributed by atoms with Crippen molar-refractivity contribution in [1.29, 1.82) is 0 Å². The van der Waals surface area contributed by atoms with E-state index in [-0.39, 0.29) is 24.2 Å². The average molecular weight is 435 g/mol. The van der Waals surface area contributed by atoms with Gasteiger partial charge in [-0.25, -0.2) is 9.48 Å². The van der Waals surface area contributed by atoms with Crippen molar-refractivity contribution in [1.82, 2.24) is 19.2 Å². The Morgan fingerprint density at radius 2 is 2.07 bits per heavy atom. The first-order valence-electron chi connectivity index (χ1n) is 9.73. The van der Waals surface area contributed by atoms with E-state index in [1.165, 1.54) is 4.68 Å². The van der Waals surface area contributed by atoms with Crippen LogP contribution < -0.4 is 5.69 Å². The van der Waals surface area contributed by atoms with Crippen LogP contribution in [0.3, 0.4) is 0 Å². The smallest absolute Gasteiger partial charge is 0.334 e. The first-order chi connectivity index (χ1) is 13.0. The molecule has 0 bridgehead atoms. The number of benzene rings is 1. The summed E-state index contributed by atoms with van der Waals surface area (Å²) in [6.07, 6.45) is 4.83. The van der Waals surface area contributed by atoms with Crippen molar-refractivity contribution >= 4 is 21.8 Å². The van der Waals surface area contributed by atoms with Gasteiger partial charge in [0.25, 0.3) is 0 Å². The Morgan fingerprint density at radius 1 is 1.30 bits per heavy atom. The van der Waals surface area contributed by atoms with Gasteiger partial charge in [0, 0.05) is 24.0 Å². The van der Waals surface area contributed by atoms with Gasteiger partial charge in [0.15, 0.2) is 0 Å². The molecule has 0 fully saturated rings. The van der Waals surface area contributed by atoms with Crippen molar-refractivity contribution < 1.29 is 4.79 Å². The van der Waals surface area contributed by atoms with E-state index in [9.17, 15) is 9.59 Å². The van der Waals surface area contributed by atoms with Crippen molar-refractivity contribution in [2.75, 3.05) is 6.54 Å².